The molecule has 0 saturated carbocycles. The van der Waals surface area contributed by atoms with Crippen molar-refractivity contribution in [1.82, 2.24) is 0 Å². The van der Waals surface area contributed by atoms with Gasteiger partial charge in [0.05, 0.1) is 6.61 Å². The third-order valence-electron chi connectivity index (χ3n) is 1.89. The van der Waals surface area contributed by atoms with E-state index in [2.05, 4.69) is 14.8 Å². The van der Waals surface area contributed by atoms with E-state index in [1.807, 2.05) is 0 Å². The van der Waals surface area contributed by atoms with E-state index in [1.165, 1.54) is 11.3 Å². The molecule has 0 aliphatic carbocycles. The lowest BCUT2D eigenvalue weighted by Crippen LogP contribution is -2.28. The van der Waals surface area contributed by atoms with Crippen LogP contribution in [0, 0.1) is 0 Å². The number of carbonyl (C=O) groups excluding carboxylic acids is 1. The van der Waals surface area contributed by atoms with Gasteiger partial charge in [-0.2, -0.15) is 11.3 Å². The zero-order valence-electron chi connectivity index (χ0n) is 8.61. The smallest absolute Gasteiger partial charge is 0.335 e. The molecule has 1 N–H and O–H groups in total. The van der Waals surface area contributed by atoms with Crippen LogP contribution in [0.25, 0.3) is 10.4 Å². The molecule has 0 fully saturated rings. The molecule has 0 saturated heterocycles. The maximum atomic E-state index is 11.3. The van der Waals surface area contributed by atoms with E-state index in [-0.39, 0.29) is 6.61 Å². The maximum Gasteiger partial charge on any atom is 0.335 e. The van der Waals surface area contributed by atoms with Gasteiger partial charge in [0.25, 0.3) is 0 Å². The maximum absolute atomic E-state index is 11.3. The number of nitrogens with zero attached hydrogens (tertiary/aromatic N) is 3. The fourth-order valence-corrected chi connectivity index (χ4v) is 1.86. The third kappa shape index (κ3) is 2.96. The minimum absolute atomic E-state index is 0.169. The van der Waals surface area contributed by atoms with Crippen molar-refractivity contribution in [1.29, 1.82) is 0 Å². The molecular weight excluding hydrogens is 230 g/mol. The molecule has 1 heterocycles. The van der Waals surface area contributed by atoms with Crippen LogP contribution in [0.5, 0.6) is 0 Å². The summed E-state index contributed by atoms with van der Waals surface area (Å²) in [6, 6.07) is 0.752. The molecule has 1 aromatic heterocycles. The molecule has 0 radical (unpaired) electrons. The molecular formula is C9H11N3O3S. The van der Waals surface area contributed by atoms with Gasteiger partial charge < -0.3 is 9.84 Å². The van der Waals surface area contributed by atoms with Crippen molar-refractivity contribution in [3.8, 4) is 0 Å². The predicted octanol–water partition coefficient (Wildman–Crippen LogP) is 2.02. The minimum Gasteiger partial charge on any atom is -0.464 e. The highest BCUT2D eigenvalue weighted by molar-refractivity contribution is 7.07. The quantitative estimate of drug-likeness (QED) is 0.369. The van der Waals surface area contributed by atoms with Gasteiger partial charge in [0.1, 0.15) is 6.04 Å². The number of azide groups is 1. The van der Waals surface area contributed by atoms with Gasteiger partial charge >= 0.3 is 5.97 Å². The third-order valence-corrected chi connectivity index (χ3v) is 2.59. The molecule has 86 valence electrons. The molecule has 16 heavy (non-hydrogen) atoms. The first-order valence-corrected chi connectivity index (χ1v) is 5.56. The van der Waals surface area contributed by atoms with Gasteiger partial charge in [0.2, 0.25) is 0 Å². The van der Waals surface area contributed by atoms with E-state index in [0.717, 1.165) is 0 Å². The van der Waals surface area contributed by atoms with Crippen LogP contribution in [-0.2, 0) is 9.53 Å². The highest BCUT2D eigenvalue weighted by atomic mass is 32.1. The summed E-state index contributed by atoms with van der Waals surface area (Å²) in [5.41, 5.74) is 8.99. The monoisotopic (exact) mass is 241 g/mol. The van der Waals surface area contributed by atoms with Crippen LogP contribution in [0.3, 0.4) is 0 Å². The highest BCUT2D eigenvalue weighted by Gasteiger charge is 2.28. The minimum atomic E-state index is -1.47. The van der Waals surface area contributed by atoms with Crippen LogP contribution in [0.1, 0.15) is 18.5 Å². The summed E-state index contributed by atoms with van der Waals surface area (Å²) in [4.78, 5) is 13.9. The standard InChI is InChI=1S/C9H11N3O3S/c1-2-15-9(14)8(13)7(11-12-10)6-3-4-16-5-6/h3-5,7-8,13H,2H2,1H3/t7-,8+/m0/s1. The molecule has 0 aliphatic rings. The summed E-state index contributed by atoms with van der Waals surface area (Å²) in [7, 11) is 0. The SMILES string of the molecule is CCOC(=O)[C@H](O)[C@@H](N=[N+]=[N-])c1ccsc1. The molecule has 6 nitrogen and oxygen atoms in total. The second-order valence-corrected chi connectivity index (χ2v) is 3.68. The Morgan fingerprint density at radius 2 is 2.56 bits per heavy atom. The first kappa shape index (κ1) is 12.5. The lowest BCUT2D eigenvalue weighted by atomic mass is 10.1. The Kier molecular flexibility index (Phi) is 4.78. The summed E-state index contributed by atoms with van der Waals surface area (Å²) in [5, 5.41) is 16.6. The summed E-state index contributed by atoms with van der Waals surface area (Å²) < 4.78 is 4.66. The Morgan fingerprint density at radius 3 is 3.06 bits per heavy atom. The van der Waals surface area contributed by atoms with Crippen molar-refractivity contribution in [2.75, 3.05) is 6.61 Å². The number of hydrogen-bond acceptors (Lipinski definition) is 5. The van der Waals surface area contributed by atoms with Crippen molar-refractivity contribution < 1.29 is 14.6 Å². The van der Waals surface area contributed by atoms with E-state index in [1.54, 1.807) is 23.8 Å². The van der Waals surface area contributed by atoms with Crippen LogP contribution in [-0.4, -0.2) is 23.8 Å². The van der Waals surface area contributed by atoms with Crippen molar-refractivity contribution in [3.63, 3.8) is 0 Å². The van der Waals surface area contributed by atoms with Gasteiger partial charge in [-0.15, -0.1) is 0 Å². The van der Waals surface area contributed by atoms with Crippen molar-refractivity contribution in [3.05, 3.63) is 32.8 Å². The largest absolute Gasteiger partial charge is 0.464 e. The van der Waals surface area contributed by atoms with Crippen LogP contribution in [0.4, 0.5) is 0 Å². The molecule has 0 bridgehead atoms. The summed E-state index contributed by atoms with van der Waals surface area (Å²) in [5.74, 6) is -0.786. The van der Waals surface area contributed by atoms with Gasteiger partial charge in [-0.25, -0.2) is 4.79 Å². The number of esters is 1. The van der Waals surface area contributed by atoms with Crippen molar-refractivity contribution >= 4 is 17.3 Å². The number of carbonyl (C=O) groups is 1. The van der Waals surface area contributed by atoms with Crippen molar-refractivity contribution in [2.45, 2.75) is 19.1 Å². The molecule has 2 atom stereocenters. The van der Waals surface area contributed by atoms with E-state index >= 15 is 0 Å². The Morgan fingerprint density at radius 1 is 1.81 bits per heavy atom. The van der Waals surface area contributed by atoms with E-state index in [9.17, 15) is 9.90 Å². The van der Waals surface area contributed by atoms with E-state index in [4.69, 9.17) is 5.53 Å². The average molecular weight is 241 g/mol. The van der Waals surface area contributed by atoms with Crippen molar-refractivity contribution in [2.24, 2.45) is 5.11 Å². The fourth-order valence-electron chi connectivity index (χ4n) is 1.17. The molecule has 0 spiro atoms. The second-order valence-electron chi connectivity index (χ2n) is 2.90. The summed E-state index contributed by atoms with van der Waals surface area (Å²) in [6.07, 6.45) is -1.47. The molecule has 1 aromatic rings. The molecule has 1 rings (SSSR count). The normalized spacial score (nSPS) is 13.6. The first-order chi connectivity index (χ1) is 7.70. The number of aliphatic hydroxyl groups is 1. The summed E-state index contributed by atoms with van der Waals surface area (Å²) in [6.45, 7) is 1.81. The lowest BCUT2D eigenvalue weighted by molar-refractivity contribution is -0.154. The summed E-state index contributed by atoms with van der Waals surface area (Å²) >= 11 is 1.39. The first-order valence-electron chi connectivity index (χ1n) is 4.61. The molecule has 0 aliphatic heterocycles. The highest BCUT2D eigenvalue weighted by Crippen LogP contribution is 2.24. The van der Waals surface area contributed by atoms with Gasteiger partial charge in [-0.1, -0.05) is 5.11 Å². The predicted molar refractivity (Wildman–Crippen MR) is 58.8 cm³/mol. The number of rotatable bonds is 5. The average Bonchev–Trinajstić information content (AvgIpc) is 2.78. The Hall–Kier alpha value is -1.56. The van der Waals surface area contributed by atoms with Crippen LogP contribution in [0.15, 0.2) is 21.9 Å². The molecule has 0 aromatic carbocycles. The number of hydrogen-bond donors (Lipinski definition) is 1. The number of aliphatic hydroxyl groups excluding tert-OH is 1. The second kappa shape index (κ2) is 6.12. The Labute approximate surface area is 96.1 Å². The molecule has 0 unspecified atom stereocenters. The topological polar surface area (TPSA) is 95.3 Å². The number of ether oxygens (including phenoxy) is 1. The Bertz CT molecular complexity index is 387. The fraction of sp³-hybridized carbons (Fsp3) is 0.444. The molecule has 0 amide bonds. The van der Waals surface area contributed by atoms with Gasteiger partial charge in [0, 0.05) is 4.91 Å². The lowest BCUT2D eigenvalue weighted by Gasteiger charge is -2.15. The van der Waals surface area contributed by atoms with E-state index < -0.39 is 18.1 Å². The van der Waals surface area contributed by atoms with Crippen LogP contribution < -0.4 is 0 Å². The van der Waals surface area contributed by atoms with Gasteiger partial charge in [-0.05, 0) is 34.8 Å². The van der Waals surface area contributed by atoms with Gasteiger partial charge in [0.15, 0.2) is 6.10 Å². The Balaban J connectivity index is 2.86. The van der Waals surface area contributed by atoms with Crippen LogP contribution >= 0.6 is 11.3 Å². The zero-order chi connectivity index (χ0) is 12.0. The zero-order valence-corrected chi connectivity index (χ0v) is 9.42. The van der Waals surface area contributed by atoms with Crippen LogP contribution in [0.2, 0.25) is 0 Å². The molecule has 7 heteroatoms. The van der Waals surface area contributed by atoms with E-state index in [0.29, 0.717) is 5.56 Å². The van der Waals surface area contributed by atoms with Gasteiger partial charge in [-0.3, -0.25) is 0 Å². The number of thiophene rings is 1.